The lowest BCUT2D eigenvalue weighted by molar-refractivity contribution is 0.622. The average Bonchev–Trinajstić information content (AvgIpc) is 3.98. The Labute approximate surface area is 358 Å². The maximum absolute atomic E-state index is 7.64. The van der Waals surface area contributed by atoms with E-state index in [1.54, 1.807) is 0 Å². The minimum atomic E-state index is -0.511. The standard InChI is InChI=1S/C59H39NO2/c1-58(2)44-21-8-9-22-48(44)60(54-47(58)32-29-39-37-17-5-10-24-50(37)61-57(39)54)49-23-12-18-38-40-28-31-46-53(56(40)62-55(38)49)41-27-25-33-13-11-14-34-26-30-45(52(41)51(33)34)59(46)42-19-6-3-15-35(42)36-16-4-7-20-43(36)59/h3-10,12,15-32H,11,13-14H2,1-2H3. The molecular weight excluding hydrogens is 755 g/mol. The van der Waals surface area contributed by atoms with Crippen molar-refractivity contribution in [3.63, 3.8) is 0 Å². The Kier molecular flexibility index (Phi) is 6.09. The smallest absolute Gasteiger partial charge is 0.159 e. The first-order valence-electron chi connectivity index (χ1n) is 22.1. The van der Waals surface area contributed by atoms with Gasteiger partial charge in [-0.25, -0.2) is 0 Å². The monoisotopic (exact) mass is 793 g/mol. The number of rotatable bonds is 1. The van der Waals surface area contributed by atoms with E-state index < -0.39 is 5.41 Å². The Bertz CT molecular complexity index is 3780. The second-order valence-corrected chi connectivity index (χ2v) is 18.5. The topological polar surface area (TPSA) is 29.5 Å². The molecule has 0 radical (unpaired) electrons. The third-order valence-corrected chi connectivity index (χ3v) is 15.4. The van der Waals surface area contributed by atoms with Crippen molar-refractivity contribution in [1.29, 1.82) is 0 Å². The van der Waals surface area contributed by atoms with Gasteiger partial charge in [0.2, 0.25) is 0 Å². The first kappa shape index (κ1) is 33.4. The van der Waals surface area contributed by atoms with Crippen LogP contribution in [0.25, 0.3) is 76.9 Å². The Morgan fingerprint density at radius 2 is 1.03 bits per heavy atom. The number of anilines is 3. The van der Waals surface area contributed by atoms with Crippen LogP contribution in [0.4, 0.5) is 17.1 Å². The minimum Gasteiger partial charge on any atom is -0.454 e. The van der Waals surface area contributed by atoms with Crippen LogP contribution in [-0.4, -0.2) is 0 Å². The number of furan rings is 2. The second kappa shape index (κ2) is 11.3. The van der Waals surface area contributed by atoms with Gasteiger partial charge in [-0.15, -0.1) is 0 Å². The molecule has 2 aromatic heterocycles. The molecule has 0 fully saturated rings. The molecule has 0 saturated heterocycles. The molecule has 1 spiro atoms. The van der Waals surface area contributed by atoms with Crippen molar-refractivity contribution in [2.45, 2.75) is 43.9 Å². The molecule has 11 aromatic rings. The fraction of sp³-hybridized carbons (Fsp3) is 0.119. The van der Waals surface area contributed by atoms with Gasteiger partial charge in [0.15, 0.2) is 11.2 Å². The van der Waals surface area contributed by atoms with Gasteiger partial charge in [0, 0.05) is 32.5 Å². The molecular formula is C59H39NO2. The van der Waals surface area contributed by atoms with Crippen LogP contribution in [0.3, 0.4) is 0 Å². The van der Waals surface area contributed by atoms with E-state index in [-0.39, 0.29) is 5.41 Å². The van der Waals surface area contributed by atoms with Crippen molar-refractivity contribution in [2.24, 2.45) is 0 Å². The quantitative estimate of drug-likeness (QED) is 0.166. The van der Waals surface area contributed by atoms with E-state index in [1.165, 1.54) is 84.0 Å². The number of benzene rings is 9. The van der Waals surface area contributed by atoms with E-state index in [0.29, 0.717) is 0 Å². The van der Waals surface area contributed by atoms with E-state index in [1.807, 2.05) is 0 Å². The van der Waals surface area contributed by atoms with Gasteiger partial charge in [0.05, 0.1) is 22.5 Å². The third-order valence-electron chi connectivity index (χ3n) is 15.4. The third kappa shape index (κ3) is 3.78. The first-order valence-corrected chi connectivity index (χ1v) is 22.1. The van der Waals surface area contributed by atoms with Crippen LogP contribution in [0, 0.1) is 0 Å². The summed E-state index contributed by atoms with van der Waals surface area (Å²) in [4.78, 5) is 2.43. The summed E-state index contributed by atoms with van der Waals surface area (Å²) >= 11 is 0. The van der Waals surface area contributed by atoms with E-state index in [4.69, 9.17) is 8.83 Å². The van der Waals surface area contributed by atoms with Crippen LogP contribution < -0.4 is 4.90 Å². The fourth-order valence-corrected chi connectivity index (χ4v) is 12.8. The summed E-state index contributed by atoms with van der Waals surface area (Å²) in [5.74, 6) is 0. The number of aryl methyl sites for hydroxylation is 2. The predicted octanol–water partition coefficient (Wildman–Crippen LogP) is 15.6. The number of hydrogen-bond donors (Lipinski definition) is 0. The highest BCUT2D eigenvalue weighted by Crippen LogP contribution is 2.64. The van der Waals surface area contributed by atoms with Crippen LogP contribution >= 0.6 is 0 Å². The minimum absolute atomic E-state index is 0.273. The van der Waals surface area contributed by atoms with Crippen molar-refractivity contribution < 1.29 is 8.83 Å². The molecule has 0 amide bonds. The largest absolute Gasteiger partial charge is 0.454 e. The normalized spacial score (nSPS) is 15.9. The van der Waals surface area contributed by atoms with Crippen LogP contribution in [0.5, 0.6) is 0 Å². The lowest BCUT2D eigenvalue weighted by atomic mass is 9.60. The lowest BCUT2D eigenvalue weighted by Crippen LogP contribution is -2.32. The maximum atomic E-state index is 7.64. The molecule has 4 aliphatic rings. The molecule has 3 heterocycles. The van der Waals surface area contributed by atoms with Gasteiger partial charge in [0.1, 0.15) is 11.2 Å². The van der Waals surface area contributed by atoms with Gasteiger partial charge >= 0.3 is 0 Å². The number of nitrogens with zero attached hydrogens (tertiary/aromatic N) is 1. The molecule has 3 nitrogen and oxygen atoms in total. The summed E-state index contributed by atoms with van der Waals surface area (Å²) in [5, 5.41) is 7.32. The van der Waals surface area contributed by atoms with Crippen LogP contribution in [0.1, 0.15) is 64.8 Å². The summed E-state index contributed by atoms with van der Waals surface area (Å²) in [6.45, 7) is 4.68. The van der Waals surface area contributed by atoms with Crippen molar-refractivity contribution >= 4 is 71.7 Å². The van der Waals surface area contributed by atoms with Crippen molar-refractivity contribution in [3.8, 4) is 22.3 Å². The number of para-hydroxylation sites is 3. The lowest BCUT2D eigenvalue weighted by Gasteiger charge is -2.41. The van der Waals surface area contributed by atoms with Gasteiger partial charge in [0.25, 0.3) is 0 Å². The summed E-state index contributed by atoms with van der Waals surface area (Å²) in [5.41, 5.74) is 21.9. The zero-order chi connectivity index (χ0) is 40.6. The molecule has 1 aliphatic heterocycles. The Morgan fingerprint density at radius 3 is 1.84 bits per heavy atom. The number of fused-ring (bicyclic) bond motifs is 19. The fourth-order valence-electron chi connectivity index (χ4n) is 12.8. The molecule has 15 rings (SSSR count). The van der Waals surface area contributed by atoms with Gasteiger partial charge in [-0.2, -0.15) is 0 Å². The Hall–Kier alpha value is -7.36. The molecule has 3 heteroatoms. The van der Waals surface area contributed by atoms with Gasteiger partial charge in [-0.05, 0) is 109 Å². The van der Waals surface area contributed by atoms with Crippen molar-refractivity contribution in [2.75, 3.05) is 4.90 Å². The zero-order valence-corrected chi connectivity index (χ0v) is 34.5. The Morgan fingerprint density at radius 1 is 0.419 bits per heavy atom. The zero-order valence-electron chi connectivity index (χ0n) is 34.5. The van der Waals surface area contributed by atoms with Gasteiger partial charge in [-0.3, -0.25) is 0 Å². The van der Waals surface area contributed by atoms with E-state index in [2.05, 4.69) is 183 Å². The average molecular weight is 794 g/mol. The first-order chi connectivity index (χ1) is 30.5. The van der Waals surface area contributed by atoms with Crippen LogP contribution in [0.2, 0.25) is 0 Å². The molecule has 0 atom stereocenters. The summed E-state index contributed by atoms with van der Waals surface area (Å²) in [6.07, 6.45) is 3.39. The molecule has 0 N–H and O–H groups in total. The molecule has 0 saturated carbocycles. The molecule has 0 unspecified atom stereocenters. The molecule has 62 heavy (non-hydrogen) atoms. The Balaban J connectivity index is 1.09. The van der Waals surface area contributed by atoms with Crippen molar-refractivity contribution in [3.05, 3.63) is 208 Å². The summed E-state index contributed by atoms with van der Waals surface area (Å²) in [6, 6.07) is 61.4. The maximum Gasteiger partial charge on any atom is 0.159 e. The van der Waals surface area contributed by atoms with E-state index in [0.717, 1.165) is 73.8 Å². The predicted molar refractivity (Wildman–Crippen MR) is 254 cm³/mol. The highest BCUT2D eigenvalue weighted by molar-refractivity contribution is 6.20. The van der Waals surface area contributed by atoms with E-state index in [9.17, 15) is 0 Å². The number of hydrogen-bond acceptors (Lipinski definition) is 3. The SMILES string of the molecule is CC1(C)c2ccccc2N(c2cccc3c2oc2c4c(ccc23)C2(c3ccccc3-c3ccccc32)c2ccc3c5c(ccc-4c25)CCC3)c2c1ccc1c2oc2ccccc21. The molecule has 9 aromatic carbocycles. The highest BCUT2D eigenvalue weighted by atomic mass is 16.3. The highest BCUT2D eigenvalue weighted by Gasteiger charge is 2.51. The molecule has 292 valence electrons. The van der Waals surface area contributed by atoms with E-state index >= 15 is 0 Å². The van der Waals surface area contributed by atoms with Gasteiger partial charge in [-0.1, -0.05) is 159 Å². The van der Waals surface area contributed by atoms with Crippen LogP contribution in [-0.2, 0) is 23.7 Å². The second-order valence-electron chi connectivity index (χ2n) is 18.5. The van der Waals surface area contributed by atoms with Crippen LogP contribution in [0.15, 0.2) is 173 Å². The molecule has 3 aliphatic carbocycles. The van der Waals surface area contributed by atoms with Crippen molar-refractivity contribution in [1.82, 2.24) is 0 Å². The summed E-state index contributed by atoms with van der Waals surface area (Å²) in [7, 11) is 0. The molecule has 0 bridgehead atoms. The summed E-state index contributed by atoms with van der Waals surface area (Å²) < 4.78 is 14.5. The van der Waals surface area contributed by atoms with Gasteiger partial charge < -0.3 is 13.7 Å².